The minimum Gasteiger partial charge on any atom is -0.446 e. The van der Waals surface area contributed by atoms with E-state index in [-0.39, 0.29) is 63.8 Å². The smallest absolute Gasteiger partial charge is 0.273 e. The molecule has 7 heterocycles. The van der Waals surface area contributed by atoms with Gasteiger partial charge >= 0.3 is 0 Å². The highest BCUT2D eigenvalue weighted by atomic mass is 16.4. The van der Waals surface area contributed by atoms with Crippen LogP contribution in [0.15, 0.2) is 51.6 Å². The van der Waals surface area contributed by atoms with Gasteiger partial charge in [-0.15, -0.1) is 0 Å². The maximum absolute atomic E-state index is 13.4. The number of aromatic nitrogens is 6. The number of rotatable bonds is 8. The quantitative estimate of drug-likeness (QED) is 0.167. The third-order valence-electron chi connectivity index (χ3n) is 8.15. The number of unbranched alkanes of at least 4 members (excludes halogenated alkanes) is 2. The summed E-state index contributed by atoms with van der Waals surface area (Å²) in [4.78, 5) is 53.9. The molecule has 0 saturated carbocycles. The molecule has 0 spiro atoms. The Morgan fingerprint density at radius 2 is 1.06 bits per heavy atom. The average Bonchev–Trinajstić information content (AvgIpc) is 3.95. The number of hydrogen-bond donors (Lipinski definition) is 4. The number of oxazole rings is 6. The van der Waals surface area contributed by atoms with Crippen molar-refractivity contribution in [2.24, 2.45) is 0 Å². The molecule has 8 N–H and O–H groups in total. The van der Waals surface area contributed by atoms with E-state index in [1.165, 1.54) is 25.1 Å². The number of quaternary nitrogens is 2. The van der Waals surface area contributed by atoms with Gasteiger partial charge in [0.1, 0.15) is 48.7 Å². The molecule has 7 rings (SSSR count). The molecule has 6 aromatic heterocycles. The minimum atomic E-state index is -0.613. The van der Waals surface area contributed by atoms with Gasteiger partial charge in [0.2, 0.25) is 35.3 Å². The summed E-state index contributed by atoms with van der Waals surface area (Å²) in [5, 5.41) is 5.91. The van der Waals surface area contributed by atoms with Crippen LogP contribution in [0.3, 0.4) is 0 Å². The van der Waals surface area contributed by atoms with E-state index in [4.69, 9.17) is 26.5 Å². The zero-order valence-corrected chi connectivity index (χ0v) is 27.5. The van der Waals surface area contributed by atoms with Crippen LogP contribution in [0, 0.1) is 13.8 Å². The lowest BCUT2D eigenvalue weighted by Gasteiger charge is -2.14. The molecule has 0 radical (unpaired) electrons. The summed E-state index contributed by atoms with van der Waals surface area (Å²) < 4.78 is 34.7. The zero-order chi connectivity index (χ0) is 34.8. The first kappa shape index (κ1) is 32.7. The van der Waals surface area contributed by atoms with Gasteiger partial charge in [-0.05, 0) is 52.4 Å². The van der Waals surface area contributed by atoms with E-state index >= 15 is 0 Å². The van der Waals surface area contributed by atoms with Gasteiger partial charge in [-0.2, -0.15) is 0 Å². The Morgan fingerprint density at radius 1 is 0.560 bits per heavy atom. The average molecular weight is 689 g/mol. The zero-order valence-electron chi connectivity index (χ0n) is 27.5. The van der Waals surface area contributed by atoms with Gasteiger partial charge in [-0.1, -0.05) is 0 Å². The van der Waals surface area contributed by atoms with Crippen molar-refractivity contribution in [3.05, 3.63) is 59.7 Å². The Morgan fingerprint density at radius 3 is 1.72 bits per heavy atom. The lowest BCUT2D eigenvalue weighted by Crippen LogP contribution is -2.50. The monoisotopic (exact) mass is 688 g/mol. The Kier molecular flexibility index (Phi) is 9.09. The first-order valence-electron chi connectivity index (χ1n) is 16.3. The predicted molar refractivity (Wildman–Crippen MR) is 168 cm³/mol. The van der Waals surface area contributed by atoms with Crippen molar-refractivity contribution in [1.82, 2.24) is 40.5 Å². The molecule has 1 aliphatic heterocycles. The topological polar surface area (TPSA) is 270 Å². The van der Waals surface area contributed by atoms with Gasteiger partial charge in [0.05, 0.1) is 13.1 Å². The molecule has 0 aliphatic carbocycles. The third-order valence-corrected chi connectivity index (χ3v) is 8.15. The number of aryl methyl sites for hydroxylation is 2. The summed E-state index contributed by atoms with van der Waals surface area (Å²) in [5.41, 5.74) is 9.01. The Hall–Kier alpha value is -5.88. The summed E-state index contributed by atoms with van der Waals surface area (Å²) in [5.74, 6) is 0.736. The van der Waals surface area contributed by atoms with E-state index in [0.29, 0.717) is 30.1 Å². The van der Waals surface area contributed by atoms with Crippen molar-refractivity contribution < 1.29 is 47.6 Å². The maximum Gasteiger partial charge on any atom is 0.273 e. The van der Waals surface area contributed by atoms with Crippen LogP contribution in [0.25, 0.3) is 46.3 Å². The van der Waals surface area contributed by atoms with E-state index in [2.05, 4.69) is 52.0 Å². The van der Waals surface area contributed by atoms with Crippen LogP contribution in [0.2, 0.25) is 0 Å². The van der Waals surface area contributed by atoms with Gasteiger partial charge in [-0.3, -0.25) is 9.59 Å². The fourth-order valence-electron chi connectivity index (χ4n) is 5.51. The van der Waals surface area contributed by atoms with Gasteiger partial charge in [0, 0.05) is 0 Å². The van der Waals surface area contributed by atoms with E-state index in [0.717, 1.165) is 38.8 Å². The number of carbonyl (C=O) groups excluding carboxylic acids is 2. The molecule has 2 atom stereocenters. The predicted octanol–water partition coefficient (Wildman–Crippen LogP) is 2.98. The maximum atomic E-state index is 13.4. The summed E-state index contributed by atoms with van der Waals surface area (Å²) in [6.07, 6.45) is 9.41. The second kappa shape index (κ2) is 13.9. The van der Waals surface area contributed by atoms with Crippen LogP contribution in [0.1, 0.15) is 94.9 Å². The second-order valence-corrected chi connectivity index (χ2v) is 11.8. The fraction of sp³-hybridized carbons (Fsp3) is 0.375. The second-order valence-electron chi connectivity index (χ2n) is 11.8. The van der Waals surface area contributed by atoms with Crippen molar-refractivity contribution in [2.45, 2.75) is 64.5 Å². The molecule has 1 aliphatic rings. The normalized spacial score (nSPS) is 16.2. The molecule has 6 aromatic rings. The molecule has 0 aromatic carbocycles. The van der Waals surface area contributed by atoms with Gasteiger partial charge in [0.15, 0.2) is 34.2 Å². The number of nitrogens with zero attached hydrogens (tertiary/aromatic N) is 6. The van der Waals surface area contributed by atoms with Gasteiger partial charge in [0.25, 0.3) is 11.8 Å². The standard InChI is InChI=1S/C32H34N10O8/c1-15-23-31-38-20(12-48-31)26(44)35-17(7-3-5-9-33)27-39-22(13-46-27)29-40-21(14-47-29)28-37-19(11-45-28)25(43)36-18(8-4-6-10-34)30-41-24(16(2)49-30)32(42-23)50-15/h11-14,17-18H,3-10,33-34H2,1-2H3,(H,35,44)(H,36,43)/p+2/t17-,18-/m0/s1. The molecule has 260 valence electrons. The van der Waals surface area contributed by atoms with Crippen LogP contribution >= 0.6 is 0 Å². The fourth-order valence-corrected chi connectivity index (χ4v) is 5.51. The van der Waals surface area contributed by atoms with Crippen molar-refractivity contribution in [3.63, 3.8) is 0 Å². The first-order chi connectivity index (χ1) is 24.3. The van der Waals surface area contributed by atoms with Crippen LogP contribution in [-0.2, 0) is 0 Å². The third kappa shape index (κ3) is 6.57. The van der Waals surface area contributed by atoms with Gasteiger partial charge in [-0.25, -0.2) is 29.9 Å². The molecule has 0 fully saturated rings. The first-order valence-corrected chi connectivity index (χ1v) is 16.3. The Bertz CT molecular complexity index is 2120. The number of amides is 2. The van der Waals surface area contributed by atoms with Gasteiger partial charge < -0.3 is 48.6 Å². The summed E-state index contributed by atoms with van der Waals surface area (Å²) in [6.45, 7) is 4.89. The van der Waals surface area contributed by atoms with Crippen LogP contribution < -0.4 is 22.1 Å². The number of carbonyl (C=O) groups is 2. The molecular weight excluding hydrogens is 652 g/mol. The van der Waals surface area contributed by atoms with E-state index < -0.39 is 23.9 Å². The van der Waals surface area contributed by atoms with Crippen LogP contribution in [-0.4, -0.2) is 54.8 Å². The molecule has 2 amide bonds. The van der Waals surface area contributed by atoms with E-state index in [9.17, 15) is 9.59 Å². The molecule has 18 nitrogen and oxygen atoms in total. The van der Waals surface area contributed by atoms with E-state index in [1.54, 1.807) is 13.8 Å². The summed E-state index contributed by atoms with van der Waals surface area (Å²) >= 11 is 0. The summed E-state index contributed by atoms with van der Waals surface area (Å²) in [7, 11) is 0. The Balaban J connectivity index is 1.28. The molecule has 50 heavy (non-hydrogen) atoms. The Labute approximate surface area is 283 Å². The highest BCUT2D eigenvalue weighted by Gasteiger charge is 2.29. The minimum absolute atomic E-state index is 0.0209. The number of fused-ring (bicyclic) bond motifs is 16. The van der Waals surface area contributed by atoms with Crippen molar-refractivity contribution in [1.29, 1.82) is 0 Å². The highest BCUT2D eigenvalue weighted by Crippen LogP contribution is 2.33. The molecule has 12 bridgehead atoms. The molecule has 0 unspecified atom stereocenters. The van der Waals surface area contributed by atoms with Crippen LogP contribution in [0.4, 0.5) is 0 Å². The molecular formula is C32H36N10O8+2. The lowest BCUT2D eigenvalue weighted by atomic mass is 10.1. The SMILES string of the molecule is Cc1oc2nc1-c1nc(co1)C(=O)N[C@@H](CCCC[NH3+])c1nc(co1)-c1nc(co1)-c1nc(co1)C(=O)N[C@@H](CCCC[NH3+])c1nc-2c(C)o1. The van der Waals surface area contributed by atoms with Crippen LogP contribution in [0.5, 0.6) is 0 Å². The van der Waals surface area contributed by atoms with Crippen molar-refractivity contribution >= 4 is 11.8 Å². The number of nitrogens with one attached hydrogen (secondary N) is 2. The molecule has 18 heteroatoms. The largest absolute Gasteiger partial charge is 0.446 e. The molecule has 0 saturated heterocycles. The van der Waals surface area contributed by atoms with E-state index in [1.807, 2.05) is 0 Å². The van der Waals surface area contributed by atoms with Crippen molar-refractivity contribution in [2.75, 3.05) is 13.1 Å². The van der Waals surface area contributed by atoms with Crippen molar-refractivity contribution in [3.8, 4) is 46.3 Å². The summed E-state index contributed by atoms with van der Waals surface area (Å²) in [6, 6.07) is -1.22. The number of hydrogen-bond acceptors (Lipinski definition) is 14. The highest BCUT2D eigenvalue weighted by molar-refractivity contribution is 5.93. The lowest BCUT2D eigenvalue weighted by molar-refractivity contribution is -0.369.